The summed E-state index contributed by atoms with van der Waals surface area (Å²) < 4.78 is 35.4. The Kier molecular flexibility index (Phi) is 3.91. The molecule has 0 aromatic carbocycles. The van der Waals surface area contributed by atoms with Crippen LogP contribution in [0.4, 0.5) is 13.2 Å². The average molecular weight is 208 g/mol. The maximum Gasteiger partial charge on any atom is 0.396 e. The van der Waals surface area contributed by atoms with Crippen molar-refractivity contribution >= 4 is 5.78 Å². The SMILES string of the molecule is C/C(=C\C(=O)CC(F)(F)F)C(C)(C)C. The first kappa shape index (κ1) is 13.2. The molecule has 0 saturated carbocycles. The number of carbonyl (C=O) groups is 1. The van der Waals surface area contributed by atoms with Gasteiger partial charge in [-0.05, 0) is 18.4 Å². The Hall–Kier alpha value is -0.800. The van der Waals surface area contributed by atoms with Gasteiger partial charge < -0.3 is 0 Å². The molecule has 82 valence electrons. The van der Waals surface area contributed by atoms with Crippen LogP contribution in [0.5, 0.6) is 0 Å². The fourth-order valence-electron chi connectivity index (χ4n) is 0.707. The summed E-state index contributed by atoms with van der Waals surface area (Å²) in [6.07, 6.45) is -4.71. The zero-order valence-corrected chi connectivity index (χ0v) is 8.83. The van der Waals surface area contributed by atoms with Crippen LogP contribution >= 0.6 is 0 Å². The van der Waals surface area contributed by atoms with E-state index in [1.165, 1.54) is 0 Å². The lowest BCUT2D eigenvalue weighted by molar-refractivity contribution is -0.149. The molecule has 0 aliphatic heterocycles. The van der Waals surface area contributed by atoms with Gasteiger partial charge in [-0.1, -0.05) is 26.3 Å². The molecule has 14 heavy (non-hydrogen) atoms. The van der Waals surface area contributed by atoms with E-state index >= 15 is 0 Å². The fourth-order valence-corrected chi connectivity index (χ4v) is 0.707. The van der Waals surface area contributed by atoms with E-state index in [1.807, 2.05) is 20.8 Å². The predicted molar refractivity (Wildman–Crippen MR) is 48.9 cm³/mol. The fraction of sp³-hybridized carbons (Fsp3) is 0.700. The highest BCUT2D eigenvalue weighted by Crippen LogP contribution is 2.26. The molecule has 0 unspecified atom stereocenters. The predicted octanol–water partition coefficient (Wildman–Crippen LogP) is 3.50. The highest BCUT2D eigenvalue weighted by Gasteiger charge is 2.30. The number of carbonyl (C=O) groups excluding carboxylic acids is 1. The van der Waals surface area contributed by atoms with Gasteiger partial charge >= 0.3 is 6.18 Å². The van der Waals surface area contributed by atoms with E-state index in [0.29, 0.717) is 5.57 Å². The molecule has 0 aliphatic rings. The summed E-state index contributed by atoms with van der Waals surface area (Å²) in [6.45, 7) is 7.20. The number of hydrogen-bond donors (Lipinski definition) is 0. The molecule has 0 heterocycles. The Labute approximate surface area is 82.0 Å². The van der Waals surface area contributed by atoms with Crippen molar-refractivity contribution < 1.29 is 18.0 Å². The van der Waals surface area contributed by atoms with Crippen molar-refractivity contribution in [3.63, 3.8) is 0 Å². The first-order valence-corrected chi connectivity index (χ1v) is 4.31. The average Bonchev–Trinajstić information content (AvgIpc) is 1.79. The topological polar surface area (TPSA) is 17.1 Å². The summed E-state index contributed by atoms with van der Waals surface area (Å²) in [5, 5.41) is 0. The Morgan fingerprint density at radius 2 is 1.64 bits per heavy atom. The van der Waals surface area contributed by atoms with E-state index in [-0.39, 0.29) is 5.41 Å². The minimum absolute atomic E-state index is 0.263. The molecular weight excluding hydrogens is 193 g/mol. The van der Waals surface area contributed by atoms with Crippen LogP contribution in [0.25, 0.3) is 0 Å². The molecule has 0 aromatic heterocycles. The standard InChI is InChI=1S/C10H15F3O/c1-7(9(2,3)4)5-8(14)6-10(11,12)13/h5H,6H2,1-4H3/b7-5+. The van der Waals surface area contributed by atoms with E-state index in [4.69, 9.17) is 0 Å². The summed E-state index contributed by atoms with van der Waals surface area (Å²) in [5.74, 6) is -0.884. The van der Waals surface area contributed by atoms with Gasteiger partial charge in [-0.25, -0.2) is 0 Å². The van der Waals surface area contributed by atoms with Crippen molar-refractivity contribution in [1.29, 1.82) is 0 Å². The Morgan fingerprint density at radius 3 is 1.93 bits per heavy atom. The van der Waals surface area contributed by atoms with Crippen LogP contribution in [0.15, 0.2) is 11.6 Å². The third kappa shape index (κ3) is 5.78. The maximum atomic E-state index is 11.8. The lowest BCUT2D eigenvalue weighted by Crippen LogP contribution is -2.15. The number of rotatable bonds is 2. The van der Waals surface area contributed by atoms with Crippen LogP contribution in [0.2, 0.25) is 0 Å². The lowest BCUT2D eigenvalue weighted by Gasteiger charge is -2.19. The van der Waals surface area contributed by atoms with Crippen molar-refractivity contribution in [2.24, 2.45) is 5.41 Å². The number of ketones is 1. The summed E-state index contributed by atoms with van der Waals surface area (Å²) in [7, 11) is 0. The van der Waals surface area contributed by atoms with Gasteiger partial charge in [0.15, 0.2) is 5.78 Å². The van der Waals surface area contributed by atoms with Crippen molar-refractivity contribution in [2.75, 3.05) is 0 Å². The second-order valence-corrected chi connectivity index (χ2v) is 4.34. The highest BCUT2D eigenvalue weighted by molar-refractivity contribution is 5.90. The summed E-state index contributed by atoms with van der Waals surface area (Å²) in [4.78, 5) is 10.9. The zero-order chi connectivity index (χ0) is 11.6. The second-order valence-electron chi connectivity index (χ2n) is 4.34. The van der Waals surface area contributed by atoms with Crippen LogP contribution in [-0.2, 0) is 4.79 Å². The van der Waals surface area contributed by atoms with Crippen molar-refractivity contribution in [1.82, 2.24) is 0 Å². The van der Waals surface area contributed by atoms with Crippen LogP contribution in [0.1, 0.15) is 34.1 Å². The number of alkyl halides is 3. The zero-order valence-electron chi connectivity index (χ0n) is 8.83. The minimum atomic E-state index is -4.41. The molecule has 0 radical (unpaired) electrons. The Morgan fingerprint density at radius 1 is 1.21 bits per heavy atom. The van der Waals surface area contributed by atoms with E-state index in [1.54, 1.807) is 6.92 Å². The second kappa shape index (κ2) is 4.15. The quantitative estimate of drug-likeness (QED) is 0.635. The molecule has 1 nitrogen and oxygen atoms in total. The van der Waals surface area contributed by atoms with Crippen LogP contribution in [0.3, 0.4) is 0 Å². The first-order chi connectivity index (χ1) is 6.02. The van der Waals surface area contributed by atoms with Gasteiger partial charge in [-0.2, -0.15) is 13.2 Å². The Bertz CT molecular complexity index is 243. The summed E-state index contributed by atoms with van der Waals surface area (Å²) in [6, 6.07) is 0. The third-order valence-electron chi connectivity index (χ3n) is 1.94. The number of hydrogen-bond acceptors (Lipinski definition) is 1. The number of allylic oxidation sites excluding steroid dienone is 2. The van der Waals surface area contributed by atoms with Gasteiger partial charge in [-0.15, -0.1) is 0 Å². The molecular formula is C10H15F3O. The maximum absolute atomic E-state index is 11.8. The molecule has 0 atom stereocenters. The lowest BCUT2D eigenvalue weighted by atomic mass is 9.87. The number of halogens is 3. The molecule has 4 heteroatoms. The molecule has 0 saturated heterocycles. The molecule has 0 rings (SSSR count). The smallest absolute Gasteiger partial charge is 0.294 e. The van der Waals surface area contributed by atoms with Gasteiger partial charge in [-0.3, -0.25) is 4.79 Å². The van der Waals surface area contributed by atoms with E-state index in [9.17, 15) is 18.0 Å². The highest BCUT2D eigenvalue weighted by atomic mass is 19.4. The molecule has 0 N–H and O–H groups in total. The van der Waals surface area contributed by atoms with Crippen molar-refractivity contribution in [3.8, 4) is 0 Å². The minimum Gasteiger partial charge on any atom is -0.294 e. The normalized spacial score (nSPS) is 14.4. The largest absolute Gasteiger partial charge is 0.396 e. The van der Waals surface area contributed by atoms with E-state index < -0.39 is 18.4 Å². The molecule has 0 bridgehead atoms. The molecule has 0 aromatic rings. The molecule has 0 amide bonds. The van der Waals surface area contributed by atoms with Crippen LogP contribution in [0, 0.1) is 5.41 Å². The van der Waals surface area contributed by atoms with Crippen LogP contribution < -0.4 is 0 Å². The van der Waals surface area contributed by atoms with Gasteiger partial charge in [0.1, 0.15) is 6.42 Å². The van der Waals surface area contributed by atoms with Gasteiger partial charge in [0.05, 0.1) is 0 Å². The monoisotopic (exact) mass is 208 g/mol. The van der Waals surface area contributed by atoms with Gasteiger partial charge in [0, 0.05) is 0 Å². The summed E-state index contributed by atoms with van der Waals surface area (Å²) in [5.41, 5.74) is 0.396. The van der Waals surface area contributed by atoms with Crippen molar-refractivity contribution in [2.45, 2.75) is 40.3 Å². The van der Waals surface area contributed by atoms with Crippen LogP contribution in [-0.4, -0.2) is 12.0 Å². The molecule has 0 spiro atoms. The third-order valence-corrected chi connectivity index (χ3v) is 1.94. The van der Waals surface area contributed by atoms with E-state index in [0.717, 1.165) is 6.08 Å². The van der Waals surface area contributed by atoms with Gasteiger partial charge in [0.2, 0.25) is 0 Å². The van der Waals surface area contributed by atoms with Crippen molar-refractivity contribution in [3.05, 3.63) is 11.6 Å². The summed E-state index contributed by atoms with van der Waals surface area (Å²) >= 11 is 0. The molecule has 0 fully saturated rings. The Balaban J connectivity index is 4.46. The molecule has 0 aliphatic carbocycles. The first-order valence-electron chi connectivity index (χ1n) is 4.31. The van der Waals surface area contributed by atoms with E-state index in [2.05, 4.69) is 0 Å². The van der Waals surface area contributed by atoms with Gasteiger partial charge in [0.25, 0.3) is 0 Å².